The van der Waals surface area contributed by atoms with Crippen molar-refractivity contribution >= 4 is 11.3 Å². The van der Waals surface area contributed by atoms with E-state index in [9.17, 15) is 26.3 Å². The van der Waals surface area contributed by atoms with E-state index >= 15 is 0 Å². The Morgan fingerprint density at radius 3 is 2.23 bits per heavy atom. The number of hydrogen-bond acceptors (Lipinski definition) is 7. The van der Waals surface area contributed by atoms with Gasteiger partial charge in [-0.25, -0.2) is 0 Å². The predicted octanol–water partition coefficient (Wildman–Crippen LogP) is 5.34. The maximum atomic E-state index is 12.6. The van der Waals surface area contributed by atoms with E-state index in [1.807, 2.05) is 0 Å². The van der Waals surface area contributed by atoms with Crippen molar-refractivity contribution in [2.45, 2.75) is 45.5 Å². The molecule has 0 aliphatic carbocycles. The summed E-state index contributed by atoms with van der Waals surface area (Å²) in [6, 6.07) is 3.17. The highest BCUT2D eigenvalue weighted by molar-refractivity contribution is 7.11. The molecule has 2 aromatic heterocycles. The molecule has 3 aromatic rings. The Hall–Kier alpha value is -2.70. The zero-order valence-electron chi connectivity index (χ0n) is 16.3. The number of aromatic nitrogens is 4. The molecule has 0 amide bonds. The molecule has 0 bridgehead atoms. The number of hydrogen-bond donors (Lipinski definition) is 0. The van der Waals surface area contributed by atoms with E-state index in [1.165, 1.54) is 0 Å². The molecular formula is C18H16F6N4O2S. The lowest BCUT2D eigenvalue weighted by molar-refractivity contribution is -0.159. The van der Waals surface area contributed by atoms with E-state index in [0.29, 0.717) is 40.3 Å². The van der Waals surface area contributed by atoms with Gasteiger partial charge in [0.1, 0.15) is 15.8 Å². The van der Waals surface area contributed by atoms with Gasteiger partial charge in [0.15, 0.2) is 0 Å². The highest BCUT2D eigenvalue weighted by Gasteiger charge is 2.38. The van der Waals surface area contributed by atoms with Crippen molar-refractivity contribution in [3.05, 3.63) is 39.2 Å². The molecule has 0 saturated carbocycles. The average Bonchev–Trinajstić information content (AvgIpc) is 3.28. The Morgan fingerprint density at radius 2 is 1.65 bits per heavy atom. The lowest BCUT2D eigenvalue weighted by Crippen LogP contribution is -2.11. The first-order valence-corrected chi connectivity index (χ1v) is 9.77. The number of ether oxygens (including phenoxy) is 1. The van der Waals surface area contributed by atoms with Crippen LogP contribution in [0.15, 0.2) is 16.7 Å². The van der Waals surface area contributed by atoms with Crippen LogP contribution in [0.25, 0.3) is 11.4 Å². The molecule has 2 heterocycles. The van der Waals surface area contributed by atoms with Gasteiger partial charge < -0.3 is 9.26 Å². The van der Waals surface area contributed by atoms with Gasteiger partial charge in [0.2, 0.25) is 5.82 Å². The molecule has 6 nitrogen and oxygen atoms in total. The molecule has 13 heteroatoms. The van der Waals surface area contributed by atoms with Crippen LogP contribution >= 0.6 is 11.3 Å². The van der Waals surface area contributed by atoms with Crippen LogP contribution in [0.3, 0.4) is 0 Å². The van der Waals surface area contributed by atoms with Crippen molar-refractivity contribution in [3.63, 3.8) is 0 Å². The molecule has 0 fully saturated rings. The largest absolute Gasteiger partial charge is 0.493 e. The van der Waals surface area contributed by atoms with Crippen molar-refractivity contribution < 1.29 is 35.6 Å². The second-order valence-electron chi connectivity index (χ2n) is 6.69. The number of rotatable bonds is 7. The number of halogens is 6. The summed E-state index contributed by atoms with van der Waals surface area (Å²) in [7, 11) is 0. The van der Waals surface area contributed by atoms with Crippen molar-refractivity contribution in [1.82, 2.24) is 20.3 Å². The Balaban J connectivity index is 1.58. The van der Waals surface area contributed by atoms with E-state index in [4.69, 9.17) is 4.74 Å². The van der Waals surface area contributed by atoms with Crippen LogP contribution in [-0.2, 0) is 19.0 Å². The SMILES string of the molecule is Cc1cc(-c2noc(C(F)(F)F)n2)cc(C)c1OCCCc1nnc(CC(F)(F)F)s1. The lowest BCUT2D eigenvalue weighted by Gasteiger charge is -2.13. The standard InChI is InChI=1S/C18H16F6N4O2S/c1-9-6-11(15-25-16(30-28-15)18(22,23)24)7-10(2)14(9)29-5-3-4-12-26-27-13(31-12)8-17(19,20)21/h6-7H,3-5,8H2,1-2H3. The van der Waals surface area contributed by atoms with Gasteiger partial charge in [-0.2, -0.15) is 31.3 Å². The molecule has 0 aliphatic rings. The summed E-state index contributed by atoms with van der Waals surface area (Å²) < 4.78 is 85.0. The Labute approximate surface area is 176 Å². The fourth-order valence-corrected chi connectivity index (χ4v) is 3.71. The van der Waals surface area contributed by atoms with Gasteiger partial charge in [0.05, 0.1) is 13.0 Å². The molecule has 0 radical (unpaired) electrons. The first kappa shape index (κ1) is 23.0. The second-order valence-corrected chi connectivity index (χ2v) is 7.84. The molecule has 0 N–H and O–H groups in total. The molecule has 0 saturated heterocycles. The summed E-state index contributed by atoms with van der Waals surface area (Å²) in [5.41, 5.74) is 1.68. The van der Waals surface area contributed by atoms with Gasteiger partial charge in [-0.1, -0.05) is 5.16 Å². The molecule has 0 spiro atoms. The normalized spacial score (nSPS) is 12.4. The average molecular weight is 466 g/mol. The van der Waals surface area contributed by atoms with Crippen molar-refractivity contribution in [2.24, 2.45) is 0 Å². The van der Waals surface area contributed by atoms with Crippen LogP contribution in [0.5, 0.6) is 5.75 Å². The maximum Gasteiger partial charge on any atom is 0.471 e. The van der Waals surface area contributed by atoms with Crippen molar-refractivity contribution in [3.8, 4) is 17.1 Å². The molecule has 3 rings (SSSR count). The minimum Gasteiger partial charge on any atom is -0.493 e. The highest BCUT2D eigenvalue weighted by Crippen LogP contribution is 2.32. The van der Waals surface area contributed by atoms with Crippen LogP contribution in [0.4, 0.5) is 26.3 Å². The Morgan fingerprint density at radius 1 is 1.00 bits per heavy atom. The molecule has 168 valence electrons. The maximum absolute atomic E-state index is 12.6. The topological polar surface area (TPSA) is 73.9 Å². The highest BCUT2D eigenvalue weighted by atomic mass is 32.1. The monoisotopic (exact) mass is 466 g/mol. The summed E-state index contributed by atoms with van der Waals surface area (Å²) in [4.78, 5) is 3.37. The number of alkyl halides is 6. The third-order valence-electron chi connectivity index (χ3n) is 4.03. The van der Waals surface area contributed by atoms with Gasteiger partial charge >= 0.3 is 18.2 Å². The third kappa shape index (κ3) is 6.15. The number of nitrogens with zero attached hydrogens (tertiary/aromatic N) is 4. The summed E-state index contributed by atoms with van der Waals surface area (Å²) in [5, 5.41) is 11.1. The third-order valence-corrected chi connectivity index (χ3v) is 5.01. The minimum absolute atomic E-state index is 0.0826. The van der Waals surface area contributed by atoms with Crippen molar-refractivity contribution in [2.75, 3.05) is 6.61 Å². The van der Waals surface area contributed by atoms with E-state index in [0.717, 1.165) is 11.3 Å². The fourth-order valence-electron chi connectivity index (χ4n) is 2.79. The molecular weight excluding hydrogens is 450 g/mol. The Kier molecular flexibility index (Phi) is 6.53. The molecule has 0 atom stereocenters. The van der Waals surface area contributed by atoms with Gasteiger partial charge in [-0.3, -0.25) is 0 Å². The van der Waals surface area contributed by atoms with Crippen LogP contribution < -0.4 is 4.74 Å². The van der Waals surface area contributed by atoms with Gasteiger partial charge in [0, 0.05) is 12.0 Å². The number of benzene rings is 1. The minimum atomic E-state index is -4.72. The van der Waals surface area contributed by atoms with Gasteiger partial charge in [-0.15, -0.1) is 21.5 Å². The Bertz CT molecular complexity index is 1020. The van der Waals surface area contributed by atoms with Crippen LogP contribution in [-0.4, -0.2) is 33.1 Å². The molecule has 0 unspecified atom stereocenters. The van der Waals surface area contributed by atoms with E-state index < -0.39 is 24.7 Å². The van der Waals surface area contributed by atoms with Gasteiger partial charge in [0.25, 0.3) is 0 Å². The smallest absolute Gasteiger partial charge is 0.471 e. The van der Waals surface area contributed by atoms with Gasteiger partial charge in [-0.05, 0) is 43.5 Å². The quantitative estimate of drug-likeness (QED) is 0.346. The van der Waals surface area contributed by atoms with E-state index in [2.05, 4.69) is 24.9 Å². The predicted molar refractivity (Wildman–Crippen MR) is 97.7 cm³/mol. The van der Waals surface area contributed by atoms with E-state index in [1.54, 1.807) is 26.0 Å². The summed E-state index contributed by atoms with van der Waals surface area (Å²) >= 11 is 0.915. The zero-order valence-corrected chi connectivity index (χ0v) is 17.1. The van der Waals surface area contributed by atoms with Crippen LogP contribution in [0, 0.1) is 13.8 Å². The summed E-state index contributed by atoms with van der Waals surface area (Å²) in [5.74, 6) is -1.05. The zero-order chi connectivity index (χ0) is 22.8. The van der Waals surface area contributed by atoms with Crippen LogP contribution in [0.2, 0.25) is 0 Å². The molecule has 0 aliphatic heterocycles. The first-order valence-electron chi connectivity index (χ1n) is 8.96. The van der Waals surface area contributed by atoms with Crippen molar-refractivity contribution in [1.29, 1.82) is 0 Å². The molecule has 31 heavy (non-hydrogen) atoms. The van der Waals surface area contributed by atoms with Crippen LogP contribution in [0.1, 0.15) is 33.5 Å². The summed E-state index contributed by atoms with van der Waals surface area (Å²) in [6.45, 7) is 3.73. The second kappa shape index (κ2) is 8.81. The first-order chi connectivity index (χ1) is 14.4. The fraction of sp³-hybridized carbons (Fsp3) is 0.444. The number of aryl methyl sites for hydroxylation is 3. The molecule has 1 aromatic carbocycles. The van der Waals surface area contributed by atoms with E-state index in [-0.39, 0.29) is 17.4 Å². The lowest BCUT2D eigenvalue weighted by atomic mass is 10.1. The summed E-state index contributed by atoms with van der Waals surface area (Å²) in [6.07, 6.45) is -9.23.